The van der Waals surface area contributed by atoms with Crippen molar-refractivity contribution in [2.75, 3.05) is 24.5 Å². The van der Waals surface area contributed by atoms with Crippen LogP contribution in [-0.4, -0.2) is 30.6 Å². The SMILES string of the molecule is O=C(C1CNC1)N1CCc2cc(CO)ccc21. The Bertz CT molecular complexity index is 455. The lowest BCUT2D eigenvalue weighted by Crippen LogP contribution is -2.51. The third kappa shape index (κ3) is 1.73. The minimum absolute atomic E-state index is 0.0633. The molecule has 0 radical (unpaired) electrons. The fourth-order valence-corrected chi connectivity index (χ4v) is 2.47. The van der Waals surface area contributed by atoms with E-state index in [1.54, 1.807) is 0 Å². The van der Waals surface area contributed by atoms with Crippen molar-refractivity contribution in [2.24, 2.45) is 5.92 Å². The van der Waals surface area contributed by atoms with Crippen molar-refractivity contribution < 1.29 is 9.90 Å². The summed E-state index contributed by atoms with van der Waals surface area (Å²) in [6, 6.07) is 5.85. The van der Waals surface area contributed by atoms with E-state index in [9.17, 15) is 4.79 Å². The highest BCUT2D eigenvalue weighted by Gasteiger charge is 2.33. The first-order chi connectivity index (χ1) is 8.29. The average molecular weight is 232 g/mol. The second-order valence-corrected chi connectivity index (χ2v) is 4.72. The fourth-order valence-electron chi connectivity index (χ4n) is 2.47. The van der Waals surface area contributed by atoms with E-state index in [-0.39, 0.29) is 18.4 Å². The highest BCUT2D eigenvalue weighted by molar-refractivity contribution is 5.97. The zero-order valence-corrected chi connectivity index (χ0v) is 9.65. The van der Waals surface area contributed by atoms with Crippen molar-refractivity contribution in [1.82, 2.24) is 5.32 Å². The van der Waals surface area contributed by atoms with Gasteiger partial charge in [-0.05, 0) is 23.6 Å². The average Bonchev–Trinajstić information content (AvgIpc) is 2.68. The second kappa shape index (κ2) is 4.13. The first-order valence-electron chi connectivity index (χ1n) is 6.04. The van der Waals surface area contributed by atoms with Crippen LogP contribution in [0.1, 0.15) is 11.1 Å². The third-order valence-corrected chi connectivity index (χ3v) is 3.62. The van der Waals surface area contributed by atoms with Gasteiger partial charge in [0.25, 0.3) is 0 Å². The Balaban J connectivity index is 1.85. The maximum absolute atomic E-state index is 12.2. The van der Waals surface area contributed by atoms with Crippen LogP contribution in [-0.2, 0) is 17.8 Å². The number of hydrogen-bond donors (Lipinski definition) is 2. The quantitative estimate of drug-likeness (QED) is 0.770. The third-order valence-electron chi connectivity index (χ3n) is 3.62. The topological polar surface area (TPSA) is 52.6 Å². The van der Waals surface area contributed by atoms with Gasteiger partial charge in [-0.1, -0.05) is 12.1 Å². The predicted molar refractivity (Wildman–Crippen MR) is 64.8 cm³/mol. The molecule has 4 nitrogen and oxygen atoms in total. The minimum Gasteiger partial charge on any atom is -0.392 e. The van der Waals surface area contributed by atoms with Crippen LogP contribution in [0.3, 0.4) is 0 Å². The summed E-state index contributed by atoms with van der Waals surface area (Å²) in [4.78, 5) is 14.1. The number of rotatable bonds is 2. The standard InChI is InChI=1S/C13H16N2O2/c16-8-9-1-2-12-10(5-9)3-4-15(12)13(17)11-6-14-7-11/h1-2,5,11,14,16H,3-4,6-8H2. The lowest BCUT2D eigenvalue weighted by molar-refractivity contribution is -0.123. The monoisotopic (exact) mass is 232 g/mol. The molecule has 0 atom stereocenters. The van der Waals surface area contributed by atoms with Gasteiger partial charge in [0, 0.05) is 25.3 Å². The Morgan fingerprint density at radius 1 is 1.47 bits per heavy atom. The summed E-state index contributed by atoms with van der Waals surface area (Å²) in [5.74, 6) is 0.387. The molecule has 0 aliphatic carbocycles. The summed E-state index contributed by atoms with van der Waals surface area (Å²) in [6.07, 6.45) is 0.898. The molecule has 2 heterocycles. The lowest BCUT2D eigenvalue weighted by atomic mass is 10.0. The molecule has 17 heavy (non-hydrogen) atoms. The summed E-state index contributed by atoms with van der Waals surface area (Å²) in [5, 5.41) is 12.2. The zero-order valence-electron chi connectivity index (χ0n) is 9.65. The number of aliphatic hydroxyl groups is 1. The van der Waals surface area contributed by atoms with Crippen molar-refractivity contribution in [1.29, 1.82) is 0 Å². The Morgan fingerprint density at radius 2 is 2.29 bits per heavy atom. The molecule has 90 valence electrons. The van der Waals surface area contributed by atoms with Crippen molar-refractivity contribution in [3.63, 3.8) is 0 Å². The number of aliphatic hydroxyl groups excluding tert-OH is 1. The number of hydrogen-bond acceptors (Lipinski definition) is 3. The molecule has 0 spiro atoms. The number of carbonyl (C=O) groups excluding carboxylic acids is 1. The number of fused-ring (bicyclic) bond motifs is 1. The summed E-state index contributed by atoms with van der Waals surface area (Å²) >= 11 is 0. The lowest BCUT2D eigenvalue weighted by Gasteiger charge is -2.30. The Kier molecular flexibility index (Phi) is 2.61. The van der Waals surface area contributed by atoms with Crippen LogP contribution in [0, 0.1) is 5.92 Å². The van der Waals surface area contributed by atoms with Crippen molar-refractivity contribution in [2.45, 2.75) is 13.0 Å². The number of nitrogens with one attached hydrogen (secondary N) is 1. The molecule has 1 aromatic rings. The van der Waals surface area contributed by atoms with Gasteiger partial charge in [0.05, 0.1) is 12.5 Å². The van der Waals surface area contributed by atoms with E-state index in [0.717, 1.165) is 37.3 Å². The minimum atomic E-state index is 0.0633. The van der Waals surface area contributed by atoms with Gasteiger partial charge in [-0.25, -0.2) is 0 Å². The Hall–Kier alpha value is -1.39. The molecular formula is C13H16N2O2. The Labute approximate surface area is 100 Å². The maximum Gasteiger partial charge on any atom is 0.232 e. The van der Waals surface area contributed by atoms with Gasteiger partial charge in [-0.2, -0.15) is 0 Å². The normalized spacial score (nSPS) is 19.0. The van der Waals surface area contributed by atoms with Crippen LogP contribution in [0.5, 0.6) is 0 Å². The van der Waals surface area contributed by atoms with Crippen LogP contribution in [0.25, 0.3) is 0 Å². The molecule has 0 aromatic heterocycles. The smallest absolute Gasteiger partial charge is 0.232 e. The van der Waals surface area contributed by atoms with Gasteiger partial charge in [-0.3, -0.25) is 4.79 Å². The molecule has 1 fully saturated rings. The van der Waals surface area contributed by atoms with Gasteiger partial charge in [-0.15, -0.1) is 0 Å². The van der Waals surface area contributed by atoms with E-state index in [1.165, 1.54) is 5.56 Å². The highest BCUT2D eigenvalue weighted by atomic mass is 16.3. The van der Waals surface area contributed by atoms with Crippen molar-refractivity contribution >= 4 is 11.6 Å². The first kappa shape index (κ1) is 10.7. The number of amides is 1. The molecule has 3 rings (SSSR count). The molecule has 1 amide bonds. The summed E-state index contributed by atoms with van der Waals surface area (Å²) in [5.41, 5.74) is 3.12. The molecule has 2 aliphatic rings. The van der Waals surface area contributed by atoms with Gasteiger partial charge in [0.15, 0.2) is 0 Å². The largest absolute Gasteiger partial charge is 0.392 e. The van der Waals surface area contributed by atoms with Crippen LogP contribution >= 0.6 is 0 Å². The molecule has 1 saturated heterocycles. The van der Waals surface area contributed by atoms with Gasteiger partial charge >= 0.3 is 0 Å². The molecule has 4 heteroatoms. The number of anilines is 1. The van der Waals surface area contributed by atoms with Gasteiger partial charge < -0.3 is 15.3 Å². The van der Waals surface area contributed by atoms with Crippen LogP contribution in [0.4, 0.5) is 5.69 Å². The maximum atomic E-state index is 12.2. The van der Waals surface area contributed by atoms with E-state index in [0.29, 0.717) is 0 Å². The molecule has 0 saturated carbocycles. The number of nitrogens with zero attached hydrogens (tertiary/aromatic N) is 1. The van der Waals surface area contributed by atoms with Crippen LogP contribution in [0.15, 0.2) is 18.2 Å². The van der Waals surface area contributed by atoms with E-state index >= 15 is 0 Å². The predicted octanol–water partition coefficient (Wildman–Crippen LogP) is 0.287. The van der Waals surface area contributed by atoms with Gasteiger partial charge in [0.2, 0.25) is 5.91 Å². The summed E-state index contributed by atoms with van der Waals surface area (Å²) in [6.45, 7) is 2.45. The van der Waals surface area contributed by atoms with Crippen molar-refractivity contribution in [3.8, 4) is 0 Å². The zero-order chi connectivity index (χ0) is 11.8. The molecular weight excluding hydrogens is 216 g/mol. The van der Waals surface area contributed by atoms with E-state index in [4.69, 9.17) is 5.11 Å². The van der Waals surface area contributed by atoms with Crippen LogP contribution < -0.4 is 10.2 Å². The second-order valence-electron chi connectivity index (χ2n) is 4.72. The molecule has 0 bridgehead atoms. The van der Waals surface area contributed by atoms with Gasteiger partial charge in [0.1, 0.15) is 0 Å². The van der Waals surface area contributed by atoms with E-state index in [1.807, 2.05) is 23.1 Å². The molecule has 1 aromatic carbocycles. The first-order valence-corrected chi connectivity index (χ1v) is 6.04. The molecule has 2 aliphatic heterocycles. The van der Waals surface area contributed by atoms with E-state index < -0.39 is 0 Å². The van der Waals surface area contributed by atoms with E-state index in [2.05, 4.69) is 5.32 Å². The molecule has 2 N–H and O–H groups in total. The summed E-state index contributed by atoms with van der Waals surface area (Å²) < 4.78 is 0. The van der Waals surface area contributed by atoms with Crippen molar-refractivity contribution in [3.05, 3.63) is 29.3 Å². The fraction of sp³-hybridized carbons (Fsp3) is 0.462. The summed E-state index contributed by atoms with van der Waals surface area (Å²) in [7, 11) is 0. The molecule has 0 unspecified atom stereocenters. The van der Waals surface area contributed by atoms with Crippen LogP contribution in [0.2, 0.25) is 0 Å². The highest BCUT2D eigenvalue weighted by Crippen LogP contribution is 2.30. The number of carbonyl (C=O) groups is 1. The number of benzene rings is 1. The Morgan fingerprint density at radius 3 is 2.94 bits per heavy atom.